The standard InChI is InChI=1S/C26H27N3O3/c1-18(2)19-9-11-20(12-10-19)23-22(24(30)21-7-4-3-5-8-21)25(31)26(32)29(23)15-6-14-28-16-13-27-17-28/h3-5,7-13,16-18,23H,6,14-15H2,1-2H3,(H,30,31)/p+1. The zero-order valence-corrected chi connectivity index (χ0v) is 18.4. The van der Waals surface area contributed by atoms with Crippen LogP contribution in [0, 0.1) is 0 Å². The van der Waals surface area contributed by atoms with Gasteiger partial charge in [-0.1, -0.05) is 68.4 Å². The average molecular weight is 431 g/mol. The van der Waals surface area contributed by atoms with Gasteiger partial charge < -0.3 is 10.0 Å². The molecule has 164 valence electrons. The first-order chi connectivity index (χ1) is 15.5. The van der Waals surface area contributed by atoms with Crippen LogP contribution in [0.25, 0.3) is 5.76 Å². The molecule has 2 heterocycles. The number of likely N-dealkylation sites (tertiary alicyclic amines) is 1. The third-order valence-electron chi connectivity index (χ3n) is 5.92. The Morgan fingerprint density at radius 3 is 2.44 bits per heavy atom. The van der Waals surface area contributed by atoms with Crippen molar-refractivity contribution in [3.8, 4) is 0 Å². The van der Waals surface area contributed by atoms with Gasteiger partial charge in [-0.25, -0.2) is 4.57 Å². The largest absolute Gasteiger partial charge is 0.507 e. The van der Waals surface area contributed by atoms with Crippen molar-refractivity contribution in [2.45, 2.75) is 38.8 Å². The van der Waals surface area contributed by atoms with E-state index >= 15 is 0 Å². The number of amides is 1. The second-order valence-electron chi connectivity index (χ2n) is 8.38. The first-order valence-corrected chi connectivity index (χ1v) is 10.9. The van der Waals surface area contributed by atoms with Gasteiger partial charge in [0.25, 0.3) is 11.7 Å². The van der Waals surface area contributed by atoms with Crippen LogP contribution < -0.4 is 4.57 Å². The third-order valence-corrected chi connectivity index (χ3v) is 5.92. The van der Waals surface area contributed by atoms with E-state index in [2.05, 4.69) is 18.8 Å². The van der Waals surface area contributed by atoms with Crippen LogP contribution in [-0.4, -0.2) is 33.2 Å². The Labute approximate surface area is 187 Å². The van der Waals surface area contributed by atoms with E-state index in [1.807, 2.05) is 53.6 Å². The molecule has 1 aliphatic rings. The molecule has 0 spiro atoms. The number of H-pyrrole nitrogens is 1. The lowest BCUT2D eigenvalue weighted by molar-refractivity contribution is -0.695. The van der Waals surface area contributed by atoms with Crippen LogP contribution in [0.1, 0.15) is 48.9 Å². The van der Waals surface area contributed by atoms with E-state index in [1.54, 1.807) is 29.2 Å². The highest BCUT2D eigenvalue weighted by Gasteiger charge is 2.45. The number of ketones is 1. The van der Waals surface area contributed by atoms with Gasteiger partial charge in [0.05, 0.1) is 18.2 Å². The van der Waals surface area contributed by atoms with Crippen LogP contribution in [-0.2, 0) is 16.1 Å². The molecule has 32 heavy (non-hydrogen) atoms. The molecule has 4 rings (SSSR count). The number of aromatic amines is 1. The van der Waals surface area contributed by atoms with Crippen molar-refractivity contribution in [2.75, 3.05) is 6.54 Å². The van der Waals surface area contributed by atoms with Gasteiger partial charge in [0.15, 0.2) is 0 Å². The van der Waals surface area contributed by atoms with Crippen LogP contribution in [0.3, 0.4) is 0 Å². The average Bonchev–Trinajstić information content (AvgIpc) is 3.41. The first kappa shape index (κ1) is 21.6. The molecule has 0 saturated carbocycles. The Morgan fingerprint density at radius 2 is 1.81 bits per heavy atom. The van der Waals surface area contributed by atoms with Crippen LogP contribution in [0.15, 0.2) is 78.9 Å². The third kappa shape index (κ3) is 4.21. The highest BCUT2D eigenvalue weighted by atomic mass is 16.3. The molecule has 2 aromatic carbocycles. The van der Waals surface area contributed by atoms with Crippen LogP contribution in [0.5, 0.6) is 0 Å². The lowest BCUT2D eigenvalue weighted by atomic mass is 9.93. The van der Waals surface area contributed by atoms with Crippen molar-refractivity contribution in [3.63, 3.8) is 0 Å². The van der Waals surface area contributed by atoms with Crippen molar-refractivity contribution in [3.05, 3.63) is 95.6 Å². The first-order valence-electron chi connectivity index (χ1n) is 10.9. The van der Waals surface area contributed by atoms with Crippen molar-refractivity contribution >= 4 is 17.4 Å². The lowest BCUT2D eigenvalue weighted by Crippen LogP contribution is -2.36. The molecule has 1 amide bonds. The number of aromatic nitrogens is 2. The number of hydrogen-bond donors (Lipinski definition) is 2. The molecule has 0 bridgehead atoms. The summed E-state index contributed by atoms with van der Waals surface area (Å²) in [5.74, 6) is -0.972. The Bertz CT molecular complexity index is 1120. The summed E-state index contributed by atoms with van der Waals surface area (Å²) in [6, 6.07) is 16.3. The smallest absolute Gasteiger partial charge is 0.295 e. The fourth-order valence-corrected chi connectivity index (χ4v) is 4.16. The number of nitrogens with one attached hydrogen (secondary N) is 1. The van der Waals surface area contributed by atoms with Crippen LogP contribution >= 0.6 is 0 Å². The molecule has 6 nitrogen and oxygen atoms in total. The van der Waals surface area contributed by atoms with Gasteiger partial charge in [-0.15, -0.1) is 0 Å². The zero-order chi connectivity index (χ0) is 22.7. The maximum absolute atomic E-state index is 13.1. The number of aryl methyl sites for hydroxylation is 1. The Balaban J connectivity index is 1.72. The molecule has 1 aliphatic heterocycles. The summed E-state index contributed by atoms with van der Waals surface area (Å²) in [5, 5.41) is 11.0. The second kappa shape index (κ2) is 9.22. The SMILES string of the molecule is CC(C)c1ccc(C2/C(=C(\O)c3ccccc3)C(=O)C(=O)N2CCC[n+]2cc[nH]c2)cc1. The molecule has 3 aromatic rings. The number of benzene rings is 2. The van der Waals surface area contributed by atoms with Gasteiger partial charge in [0.1, 0.15) is 18.2 Å². The lowest BCUT2D eigenvalue weighted by Gasteiger charge is -2.25. The summed E-state index contributed by atoms with van der Waals surface area (Å²) in [6.45, 7) is 5.36. The van der Waals surface area contributed by atoms with Crippen LogP contribution in [0.2, 0.25) is 0 Å². The predicted octanol–water partition coefficient (Wildman–Crippen LogP) is 3.94. The van der Waals surface area contributed by atoms with Crippen molar-refractivity contribution in [2.24, 2.45) is 0 Å². The quantitative estimate of drug-likeness (QED) is 0.258. The zero-order valence-electron chi connectivity index (χ0n) is 18.4. The second-order valence-corrected chi connectivity index (χ2v) is 8.38. The summed E-state index contributed by atoms with van der Waals surface area (Å²) >= 11 is 0. The summed E-state index contributed by atoms with van der Waals surface area (Å²) in [4.78, 5) is 30.7. The minimum atomic E-state index is -0.640. The van der Waals surface area contributed by atoms with Gasteiger partial charge in [0.2, 0.25) is 6.33 Å². The Hall–Kier alpha value is -3.67. The summed E-state index contributed by atoms with van der Waals surface area (Å²) in [5.41, 5.74) is 2.67. The van der Waals surface area contributed by atoms with E-state index < -0.39 is 17.7 Å². The summed E-state index contributed by atoms with van der Waals surface area (Å²) < 4.78 is 1.99. The molecule has 1 fully saturated rings. The Morgan fingerprint density at radius 1 is 1.09 bits per heavy atom. The minimum absolute atomic E-state index is 0.135. The van der Waals surface area contributed by atoms with Gasteiger partial charge >= 0.3 is 0 Å². The molecular weight excluding hydrogens is 402 g/mol. The van der Waals surface area contributed by atoms with Crippen molar-refractivity contribution < 1.29 is 19.3 Å². The number of imidazole rings is 1. The Kier molecular flexibility index (Phi) is 6.21. The molecule has 2 N–H and O–H groups in total. The van der Waals surface area contributed by atoms with E-state index in [-0.39, 0.29) is 11.3 Å². The molecule has 6 heteroatoms. The molecule has 1 saturated heterocycles. The predicted molar refractivity (Wildman–Crippen MR) is 122 cm³/mol. The monoisotopic (exact) mass is 430 g/mol. The molecule has 1 aromatic heterocycles. The molecular formula is C26H28N3O3+. The number of aliphatic hydroxyl groups excluding tert-OH is 1. The number of aliphatic hydroxyl groups is 1. The number of rotatable bonds is 7. The van der Waals surface area contributed by atoms with Gasteiger partial charge in [0, 0.05) is 18.5 Å². The summed E-state index contributed by atoms with van der Waals surface area (Å²) in [7, 11) is 0. The van der Waals surface area contributed by atoms with Gasteiger partial charge in [-0.3, -0.25) is 14.6 Å². The number of hydrogen-bond acceptors (Lipinski definition) is 3. The fraction of sp³-hybridized carbons (Fsp3) is 0.269. The fourth-order valence-electron chi connectivity index (χ4n) is 4.16. The molecule has 1 unspecified atom stereocenters. The van der Waals surface area contributed by atoms with Crippen molar-refractivity contribution in [1.29, 1.82) is 0 Å². The molecule has 0 radical (unpaired) electrons. The maximum Gasteiger partial charge on any atom is 0.295 e. The van der Waals surface area contributed by atoms with E-state index in [9.17, 15) is 14.7 Å². The minimum Gasteiger partial charge on any atom is -0.507 e. The normalized spacial score (nSPS) is 18.0. The van der Waals surface area contributed by atoms with E-state index in [4.69, 9.17) is 0 Å². The van der Waals surface area contributed by atoms with E-state index in [1.165, 1.54) is 5.56 Å². The topological polar surface area (TPSA) is 77.3 Å². The number of carbonyl (C=O) groups excluding carboxylic acids is 2. The van der Waals surface area contributed by atoms with Crippen LogP contribution in [0.4, 0.5) is 0 Å². The maximum atomic E-state index is 13.1. The van der Waals surface area contributed by atoms with Gasteiger partial charge in [-0.05, 0) is 17.0 Å². The summed E-state index contributed by atoms with van der Waals surface area (Å²) in [6.07, 6.45) is 6.29. The van der Waals surface area contributed by atoms with Crippen molar-refractivity contribution in [1.82, 2.24) is 9.88 Å². The van der Waals surface area contributed by atoms with E-state index in [0.717, 1.165) is 5.56 Å². The number of carbonyl (C=O) groups is 2. The number of nitrogens with zero attached hydrogens (tertiary/aromatic N) is 2. The highest BCUT2D eigenvalue weighted by Crippen LogP contribution is 2.39. The number of Topliss-reactive ketones (excluding diaryl/α,β-unsaturated/α-hetero) is 1. The highest BCUT2D eigenvalue weighted by molar-refractivity contribution is 6.46. The van der Waals surface area contributed by atoms with E-state index in [0.29, 0.717) is 31.0 Å². The molecule has 0 aliphatic carbocycles. The van der Waals surface area contributed by atoms with Gasteiger partial charge in [-0.2, -0.15) is 0 Å². The molecule has 1 atom stereocenters.